The molecule has 2 aromatic carbocycles. The standard InChI is InChI=1S/C15H9BrClNO/c16-11-3-1-2-10(6-11)15(19)14-7-9-4-5-12(17)8-13(9)18-14/h1-8,18H. The fourth-order valence-electron chi connectivity index (χ4n) is 2.01. The Labute approximate surface area is 123 Å². The Morgan fingerprint density at radius 2 is 1.95 bits per heavy atom. The van der Waals surface area contributed by atoms with Gasteiger partial charge in [0, 0.05) is 26.0 Å². The van der Waals surface area contributed by atoms with Crippen LogP contribution in [0.3, 0.4) is 0 Å². The van der Waals surface area contributed by atoms with Crippen molar-refractivity contribution in [2.75, 3.05) is 0 Å². The van der Waals surface area contributed by atoms with Gasteiger partial charge in [0.2, 0.25) is 5.78 Å². The lowest BCUT2D eigenvalue weighted by molar-refractivity contribution is 0.103. The smallest absolute Gasteiger partial charge is 0.209 e. The molecular formula is C15H9BrClNO. The van der Waals surface area contributed by atoms with Crippen LogP contribution in [0.15, 0.2) is 53.0 Å². The van der Waals surface area contributed by atoms with Crippen molar-refractivity contribution in [2.45, 2.75) is 0 Å². The monoisotopic (exact) mass is 333 g/mol. The minimum absolute atomic E-state index is 0.0337. The Hall–Kier alpha value is -1.58. The van der Waals surface area contributed by atoms with Crippen molar-refractivity contribution in [3.63, 3.8) is 0 Å². The molecule has 1 N–H and O–H groups in total. The normalized spacial score (nSPS) is 10.8. The van der Waals surface area contributed by atoms with Crippen LogP contribution >= 0.6 is 27.5 Å². The van der Waals surface area contributed by atoms with Crippen LogP contribution in [0.1, 0.15) is 16.1 Å². The highest BCUT2D eigenvalue weighted by Crippen LogP contribution is 2.22. The number of benzene rings is 2. The Balaban J connectivity index is 2.06. The van der Waals surface area contributed by atoms with Crippen molar-refractivity contribution >= 4 is 44.2 Å². The number of H-pyrrole nitrogens is 1. The lowest BCUT2D eigenvalue weighted by Gasteiger charge is -1.98. The van der Waals surface area contributed by atoms with Crippen molar-refractivity contribution in [3.05, 3.63) is 69.3 Å². The summed E-state index contributed by atoms with van der Waals surface area (Å²) in [5.41, 5.74) is 2.08. The zero-order valence-electron chi connectivity index (χ0n) is 9.78. The number of aromatic nitrogens is 1. The number of aromatic amines is 1. The van der Waals surface area contributed by atoms with E-state index in [0.29, 0.717) is 16.3 Å². The molecule has 0 radical (unpaired) electrons. The molecule has 0 aliphatic carbocycles. The molecule has 0 amide bonds. The van der Waals surface area contributed by atoms with E-state index in [1.165, 1.54) is 0 Å². The van der Waals surface area contributed by atoms with E-state index < -0.39 is 0 Å². The maximum atomic E-state index is 12.4. The summed E-state index contributed by atoms with van der Waals surface area (Å²) in [6, 6.07) is 14.7. The third-order valence-corrected chi connectivity index (χ3v) is 3.64. The van der Waals surface area contributed by atoms with Crippen LogP contribution in [0, 0.1) is 0 Å². The number of nitrogens with one attached hydrogen (secondary N) is 1. The highest BCUT2D eigenvalue weighted by molar-refractivity contribution is 9.10. The van der Waals surface area contributed by atoms with E-state index in [1.54, 1.807) is 12.1 Å². The van der Waals surface area contributed by atoms with Crippen LogP contribution in [0.25, 0.3) is 10.9 Å². The third kappa shape index (κ3) is 2.44. The largest absolute Gasteiger partial charge is 0.352 e. The predicted octanol–water partition coefficient (Wildman–Crippen LogP) is 4.81. The van der Waals surface area contributed by atoms with E-state index in [1.807, 2.05) is 36.4 Å². The summed E-state index contributed by atoms with van der Waals surface area (Å²) in [6.07, 6.45) is 0. The number of ketones is 1. The molecule has 0 fully saturated rings. The average Bonchev–Trinajstić information content (AvgIpc) is 2.80. The zero-order chi connectivity index (χ0) is 13.4. The predicted molar refractivity (Wildman–Crippen MR) is 80.9 cm³/mol. The van der Waals surface area contributed by atoms with E-state index in [9.17, 15) is 4.79 Å². The molecule has 0 saturated heterocycles. The van der Waals surface area contributed by atoms with Gasteiger partial charge in [-0.05, 0) is 30.3 Å². The van der Waals surface area contributed by atoms with E-state index in [2.05, 4.69) is 20.9 Å². The van der Waals surface area contributed by atoms with E-state index in [-0.39, 0.29) is 5.78 Å². The summed E-state index contributed by atoms with van der Waals surface area (Å²) >= 11 is 9.30. The molecular weight excluding hydrogens is 326 g/mol. The average molecular weight is 335 g/mol. The van der Waals surface area contributed by atoms with Crippen LogP contribution in [0.5, 0.6) is 0 Å². The van der Waals surface area contributed by atoms with Gasteiger partial charge in [-0.1, -0.05) is 45.7 Å². The van der Waals surface area contributed by atoms with Gasteiger partial charge in [0.25, 0.3) is 0 Å². The number of hydrogen-bond acceptors (Lipinski definition) is 1. The van der Waals surface area contributed by atoms with Crippen molar-refractivity contribution in [2.24, 2.45) is 0 Å². The van der Waals surface area contributed by atoms with E-state index in [0.717, 1.165) is 15.4 Å². The van der Waals surface area contributed by atoms with Crippen LogP contribution in [-0.2, 0) is 0 Å². The fraction of sp³-hybridized carbons (Fsp3) is 0. The van der Waals surface area contributed by atoms with Crippen LogP contribution < -0.4 is 0 Å². The van der Waals surface area contributed by atoms with Crippen molar-refractivity contribution in [3.8, 4) is 0 Å². The molecule has 0 saturated carbocycles. The van der Waals surface area contributed by atoms with Crippen molar-refractivity contribution in [1.29, 1.82) is 0 Å². The summed E-state index contributed by atoms with van der Waals surface area (Å²) < 4.78 is 0.887. The van der Waals surface area contributed by atoms with Gasteiger partial charge < -0.3 is 4.98 Å². The Morgan fingerprint density at radius 3 is 2.74 bits per heavy atom. The number of rotatable bonds is 2. The number of carbonyl (C=O) groups excluding carboxylic acids is 1. The summed E-state index contributed by atoms with van der Waals surface area (Å²) in [6.45, 7) is 0. The van der Waals surface area contributed by atoms with Gasteiger partial charge in [0.1, 0.15) is 0 Å². The molecule has 0 spiro atoms. The molecule has 0 unspecified atom stereocenters. The summed E-state index contributed by atoms with van der Waals surface area (Å²) in [5, 5.41) is 1.62. The SMILES string of the molecule is O=C(c1cccc(Br)c1)c1cc2ccc(Cl)cc2[nH]1. The minimum Gasteiger partial charge on any atom is -0.352 e. The Kier molecular flexibility index (Phi) is 3.17. The molecule has 2 nitrogen and oxygen atoms in total. The minimum atomic E-state index is -0.0337. The molecule has 19 heavy (non-hydrogen) atoms. The zero-order valence-corrected chi connectivity index (χ0v) is 12.1. The number of fused-ring (bicyclic) bond motifs is 1. The van der Waals surface area contributed by atoms with Gasteiger partial charge in [-0.15, -0.1) is 0 Å². The molecule has 1 aromatic heterocycles. The fourth-order valence-corrected chi connectivity index (χ4v) is 2.58. The first kappa shape index (κ1) is 12.5. The van der Waals surface area contributed by atoms with Gasteiger partial charge in [-0.3, -0.25) is 4.79 Å². The number of carbonyl (C=O) groups is 1. The summed E-state index contributed by atoms with van der Waals surface area (Å²) in [4.78, 5) is 15.5. The quantitative estimate of drug-likeness (QED) is 0.670. The summed E-state index contributed by atoms with van der Waals surface area (Å²) in [7, 11) is 0. The molecule has 0 aliphatic rings. The Bertz CT molecular complexity index is 779. The highest BCUT2D eigenvalue weighted by Gasteiger charge is 2.12. The maximum absolute atomic E-state index is 12.4. The molecule has 0 atom stereocenters. The van der Waals surface area contributed by atoms with Gasteiger partial charge >= 0.3 is 0 Å². The number of halogens is 2. The first-order valence-electron chi connectivity index (χ1n) is 5.72. The van der Waals surface area contributed by atoms with Gasteiger partial charge in [0.15, 0.2) is 0 Å². The first-order chi connectivity index (χ1) is 9.13. The van der Waals surface area contributed by atoms with Crippen LogP contribution in [0.2, 0.25) is 5.02 Å². The van der Waals surface area contributed by atoms with Crippen LogP contribution in [0.4, 0.5) is 0 Å². The first-order valence-corrected chi connectivity index (χ1v) is 6.89. The topological polar surface area (TPSA) is 32.9 Å². The second kappa shape index (κ2) is 4.83. The van der Waals surface area contributed by atoms with Gasteiger partial charge in [-0.2, -0.15) is 0 Å². The lowest BCUT2D eigenvalue weighted by Crippen LogP contribution is -2.01. The van der Waals surface area contributed by atoms with E-state index >= 15 is 0 Å². The highest BCUT2D eigenvalue weighted by atomic mass is 79.9. The second-order valence-electron chi connectivity index (χ2n) is 4.25. The van der Waals surface area contributed by atoms with E-state index in [4.69, 9.17) is 11.6 Å². The van der Waals surface area contributed by atoms with Crippen molar-refractivity contribution < 1.29 is 4.79 Å². The third-order valence-electron chi connectivity index (χ3n) is 2.92. The van der Waals surface area contributed by atoms with Gasteiger partial charge in [-0.25, -0.2) is 0 Å². The molecule has 3 aromatic rings. The van der Waals surface area contributed by atoms with Gasteiger partial charge in [0.05, 0.1) is 5.69 Å². The maximum Gasteiger partial charge on any atom is 0.209 e. The lowest BCUT2D eigenvalue weighted by atomic mass is 10.1. The Morgan fingerprint density at radius 1 is 1.11 bits per heavy atom. The molecule has 4 heteroatoms. The second-order valence-corrected chi connectivity index (χ2v) is 5.61. The molecule has 0 bridgehead atoms. The molecule has 3 rings (SSSR count). The molecule has 0 aliphatic heterocycles. The molecule has 1 heterocycles. The van der Waals surface area contributed by atoms with Crippen LogP contribution in [-0.4, -0.2) is 10.8 Å². The summed E-state index contributed by atoms with van der Waals surface area (Å²) in [5.74, 6) is -0.0337. The molecule has 94 valence electrons. The van der Waals surface area contributed by atoms with Crippen molar-refractivity contribution in [1.82, 2.24) is 4.98 Å². The number of hydrogen-bond donors (Lipinski definition) is 1.